The van der Waals surface area contributed by atoms with Crippen LogP contribution in [0.25, 0.3) is 5.69 Å². The third kappa shape index (κ3) is 2.02. The highest BCUT2D eigenvalue weighted by Gasteiger charge is 2.06. The lowest BCUT2D eigenvalue weighted by Gasteiger charge is -1.99. The van der Waals surface area contributed by atoms with Gasteiger partial charge < -0.3 is 5.73 Å². The highest BCUT2D eigenvalue weighted by Crippen LogP contribution is 2.10. The zero-order valence-electron chi connectivity index (χ0n) is 8.26. The van der Waals surface area contributed by atoms with Crippen LogP contribution >= 0.6 is 0 Å². The van der Waals surface area contributed by atoms with Gasteiger partial charge in [-0.25, -0.2) is 9.07 Å². The van der Waals surface area contributed by atoms with E-state index in [1.54, 1.807) is 23.0 Å². The number of benzene rings is 1. The predicted molar refractivity (Wildman–Crippen MR) is 53.9 cm³/mol. The fourth-order valence-corrected chi connectivity index (χ4v) is 1.21. The van der Waals surface area contributed by atoms with Gasteiger partial charge in [0.25, 0.3) is 0 Å². The Kier molecular flexibility index (Phi) is 2.47. The van der Waals surface area contributed by atoms with Gasteiger partial charge in [0.05, 0.1) is 17.6 Å². The maximum Gasteiger partial charge on any atom is 0.123 e. The molecule has 0 saturated carbocycles. The van der Waals surface area contributed by atoms with E-state index in [1.807, 2.05) is 6.92 Å². The van der Waals surface area contributed by atoms with Gasteiger partial charge in [-0.3, -0.25) is 0 Å². The van der Waals surface area contributed by atoms with Crippen LogP contribution in [-0.2, 0) is 0 Å². The van der Waals surface area contributed by atoms with Crippen molar-refractivity contribution in [3.63, 3.8) is 0 Å². The monoisotopic (exact) mass is 206 g/mol. The van der Waals surface area contributed by atoms with Gasteiger partial charge in [-0.2, -0.15) is 0 Å². The van der Waals surface area contributed by atoms with Gasteiger partial charge >= 0.3 is 0 Å². The zero-order chi connectivity index (χ0) is 10.8. The normalized spacial score (nSPS) is 12.7. The molecule has 1 atom stereocenters. The minimum absolute atomic E-state index is 0.154. The molecule has 0 aliphatic carbocycles. The number of hydrogen-bond donors (Lipinski definition) is 1. The molecule has 2 N–H and O–H groups in total. The molecule has 0 bridgehead atoms. The van der Waals surface area contributed by atoms with Crippen LogP contribution in [0.4, 0.5) is 4.39 Å². The van der Waals surface area contributed by atoms with Crippen molar-refractivity contribution in [1.29, 1.82) is 0 Å². The maximum absolute atomic E-state index is 12.7. The zero-order valence-corrected chi connectivity index (χ0v) is 8.26. The van der Waals surface area contributed by atoms with Gasteiger partial charge in [0.1, 0.15) is 5.82 Å². The Balaban J connectivity index is 2.33. The fourth-order valence-electron chi connectivity index (χ4n) is 1.21. The van der Waals surface area contributed by atoms with Gasteiger partial charge in [-0.1, -0.05) is 5.21 Å². The Morgan fingerprint density at radius 2 is 2.00 bits per heavy atom. The van der Waals surface area contributed by atoms with E-state index in [4.69, 9.17) is 5.73 Å². The third-order valence-corrected chi connectivity index (χ3v) is 2.07. The van der Waals surface area contributed by atoms with Crippen LogP contribution in [0, 0.1) is 5.82 Å². The number of nitrogens with two attached hydrogens (primary N) is 1. The number of nitrogens with zero attached hydrogens (tertiary/aromatic N) is 3. The van der Waals surface area contributed by atoms with Crippen molar-refractivity contribution in [1.82, 2.24) is 15.0 Å². The summed E-state index contributed by atoms with van der Waals surface area (Å²) in [5.74, 6) is -0.272. The summed E-state index contributed by atoms with van der Waals surface area (Å²) in [6.45, 7) is 1.83. The molecule has 1 unspecified atom stereocenters. The minimum Gasteiger partial charge on any atom is -0.323 e. The van der Waals surface area contributed by atoms with E-state index in [0.717, 1.165) is 5.69 Å². The molecule has 0 saturated heterocycles. The summed E-state index contributed by atoms with van der Waals surface area (Å²) >= 11 is 0. The van der Waals surface area contributed by atoms with Crippen LogP contribution in [0.2, 0.25) is 0 Å². The molecule has 4 nitrogen and oxygen atoms in total. The molecule has 0 amide bonds. The molecule has 2 aromatic rings. The van der Waals surface area contributed by atoms with Crippen LogP contribution < -0.4 is 5.73 Å². The van der Waals surface area contributed by atoms with Crippen molar-refractivity contribution in [2.24, 2.45) is 5.73 Å². The lowest BCUT2D eigenvalue weighted by Crippen LogP contribution is -2.04. The van der Waals surface area contributed by atoms with Gasteiger partial charge in [-0.05, 0) is 31.2 Å². The molecule has 0 aliphatic rings. The SMILES string of the molecule is CC(N)c1cn(-c2ccc(F)cc2)nn1. The number of rotatable bonds is 2. The standard InChI is InChI=1S/C10H11FN4/c1-7(12)10-6-15(14-13-10)9-4-2-8(11)3-5-9/h2-7H,12H2,1H3. The van der Waals surface area contributed by atoms with Gasteiger partial charge in [0.2, 0.25) is 0 Å². The van der Waals surface area contributed by atoms with E-state index in [-0.39, 0.29) is 11.9 Å². The molecular weight excluding hydrogens is 195 g/mol. The highest BCUT2D eigenvalue weighted by atomic mass is 19.1. The number of hydrogen-bond acceptors (Lipinski definition) is 3. The van der Waals surface area contributed by atoms with Crippen molar-refractivity contribution < 1.29 is 4.39 Å². The second kappa shape index (κ2) is 3.78. The molecule has 78 valence electrons. The van der Waals surface area contributed by atoms with Crippen molar-refractivity contribution in [2.75, 3.05) is 0 Å². The van der Waals surface area contributed by atoms with Crippen LogP contribution in [0.5, 0.6) is 0 Å². The van der Waals surface area contributed by atoms with Crippen molar-refractivity contribution in [2.45, 2.75) is 13.0 Å². The van der Waals surface area contributed by atoms with E-state index >= 15 is 0 Å². The average molecular weight is 206 g/mol. The summed E-state index contributed by atoms with van der Waals surface area (Å²) in [4.78, 5) is 0. The van der Waals surface area contributed by atoms with Crippen LogP contribution in [0.3, 0.4) is 0 Å². The molecule has 5 heteroatoms. The second-order valence-corrected chi connectivity index (χ2v) is 3.35. The lowest BCUT2D eigenvalue weighted by molar-refractivity contribution is 0.626. The molecule has 0 spiro atoms. The fraction of sp³-hybridized carbons (Fsp3) is 0.200. The van der Waals surface area contributed by atoms with Gasteiger partial charge in [0.15, 0.2) is 0 Å². The van der Waals surface area contributed by atoms with Crippen LogP contribution in [0.1, 0.15) is 18.7 Å². The first-order valence-corrected chi connectivity index (χ1v) is 4.60. The summed E-state index contributed by atoms with van der Waals surface area (Å²) in [6, 6.07) is 5.87. The lowest BCUT2D eigenvalue weighted by atomic mass is 10.3. The molecule has 2 rings (SSSR count). The van der Waals surface area contributed by atoms with Gasteiger partial charge in [-0.15, -0.1) is 5.10 Å². The largest absolute Gasteiger partial charge is 0.323 e. The Bertz CT molecular complexity index is 447. The third-order valence-electron chi connectivity index (χ3n) is 2.07. The molecule has 0 radical (unpaired) electrons. The smallest absolute Gasteiger partial charge is 0.123 e. The quantitative estimate of drug-likeness (QED) is 0.808. The molecule has 0 aliphatic heterocycles. The summed E-state index contributed by atoms with van der Waals surface area (Å²) in [7, 11) is 0. The topological polar surface area (TPSA) is 56.7 Å². The molecule has 0 fully saturated rings. The Morgan fingerprint density at radius 3 is 2.53 bits per heavy atom. The van der Waals surface area contributed by atoms with Crippen molar-refractivity contribution >= 4 is 0 Å². The van der Waals surface area contributed by atoms with Crippen LogP contribution in [-0.4, -0.2) is 15.0 Å². The van der Waals surface area contributed by atoms with E-state index in [1.165, 1.54) is 12.1 Å². The molecular formula is C10H11FN4. The van der Waals surface area contributed by atoms with E-state index < -0.39 is 0 Å². The van der Waals surface area contributed by atoms with Gasteiger partial charge in [0, 0.05) is 6.04 Å². The van der Waals surface area contributed by atoms with E-state index in [0.29, 0.717) is 5.69 Å². The first kappa shape index (κ1) is 9.79. The average Bonchev–Trinajstić information content (AvgIpc) is 2.68. The summed E-state index contributed by atoms with van der Waals surface area (Å²) in [5.41, 5.74) is 7.12. The predicted octanol–water partition coefficient (Wildman–Crippen LogP) is 1.43. The number of aromatic nitrogens is 3. The Hall–Kier alpha value is -1.75. The van der Waals surface area contributed by atoms with Crippen LogP contribution in [0.15, 0.2) is 30.5 Å². The van der Waals surface area contributed by atoms with E-state index in [9.17, 15) is 4.39 Å². The molecule has 15 heavy (non-hydrogen) atoms. The summed E-state index contributed by atoms with van der Waals surface area (Å²) < 4.78 is 14.2. The number of halogens is 1. The van der Waals surface area contributed by atoms with Crippen molar-refractivity contribution in [3.8, 4) is 5.69 Å². The molecule has 1 aromatic carbocycles. The molecule has 1 heterocycles. The van der Waals surface area contributed by atoms with Crippen molar-refractivity contribution in [3.05, 3.63) is 42.0 Å². The Labute approximate surface area is 86.5 Å². The first-order chi connectivity index (χ1) is 7.16. The summed E-state index contributed by atoms with van der Waals surface area (Å²) in [6.07, 6.45) is 1.73. The Morgan fingerprint density at radius 1 is 1.33 bits per heavy atom. The summed E-state index contributed by atoms with van der Waals surface area (Å²) in [5, 5.41) is 7.81. The molecule has 1 aromatic heterocycles. The van der Waals surface area contributed by atoms with E-state index in [2.05, 4.69) is 10.3 Å². The highest BCUT2D eigenvalue weighted by molar-refractivity contribution is 5.30. The second-order valence-electron chi connectivity index (χ2n) is 3.35. The maximum atomic E-state index is 12.7. The minimum atomic E-state index is -0.272. The first-order valence-electron chi connectivity index (χ1n) is 4.60.